The van der Waals surface area contributed by atoms with Crippen LogP contribution < -0.4 is 5.32 Å². The number of hydrogen-bond donors (Lipinski definition) is 1. The fourth-order valence-electron chi connectivity index (χ4n) is 5.22. The van der Waals surface area contributed by atoms with E-state index in [9.17, 15) is 9.59 Å². The SMILES string of the molecule is CCN1C(=O)C(CC(C)C)NC(=O)C12CCN(Cc1c(C)nn(-c3ccccc3)c1Cl)CC2. The maximum atomic E-state index is 13.3. The van der Waals surface area contributed by atoms with Crippen molar-refractivity contribution < 1.29 is 9.59 Å². The molecule has 1 spiro atoms. The number of carbonyl (C=O) groups excluding carboxylic acids is 2. The summed E-state index contributed by atoms with van der Waals surface area (Å²) in [4.78, 5) is 30.6. The molecule has 7 nitrogen and oxygen atoms in total. The van der Waals surface area contributed by atoms with Crippen LogP contribution in [0, 0.1) is 12.8 Å². The Labute approximate surface area is 201 Å². The summed E-state index contributed by atoms with van der Waals surface area (Å²) in [5.41, 5.74) is 2.09. The predicted octanol–water partition coefficient (Wildman–Crippen LogP) is 3.56. The summed E-state index contributed by atoms with van der Waals surface area (Å²) in [7, 11) is 0. The Hall–Kier alpha value is -2.38. The summed E-state index contributed by atoms with van der Waals surface area (Å²) in [5, 5.41) is 8.31. The van der Waals surface area contributed by atoms with Gasteiger partial charge in [0.05, 0.1) is 11.4 Å². The summed E-state index contributed by atoms with van der Waals surface area (Å²) in [6, 6.07) is 9.46. The second-order valence-electron chi connectivity index (χ2n) is 9.65. The molecule has 0 radical (unpaired) electrons. The van der Waals surface area contributed by atoms with Gasteiger partial charge in [0.15, 0.2) is 0 Å². The summed E-state index contributed by atoms with van der Waals surface area (Å²) in [6.45, 7) is 10.8. The number of aromatic nitrogens is 2. The molecular weight excluding hydrogens is 438 g/mol. The van der Waals surface area contributed by atoms with Crippen LogP contribution in [-0.2, 0) is 16.1 Å². The lowest BCUT2D eigenvalue weighted by atomic mass is 9.81. The number of aryl methyl sites for hydroxylation is 1. The molecule has 0 saturated carbocycles. The highest BCUT2D eigenvalue weighted by Gasteiger charge is 2.53. The highest BCUT2D eigenvalue weighted by atomic mass is 35.5. The van der Waals surface area contributed by atoms with Gasteiger partial charge in [0.25, 0.3) is 0 Å². The van der Waals surface area contributed by atoms with E-state index in [1.165, 1.54) is 0 Å². The van der Waals surface area contributed by atoms with Crippen LogP contribution in [0.4, 0.5) is 0 Å². The lowest BCUT2D eigenvalue weighted by Gasteiger charge is -2.51. The third-order valence-electron chi connectivity index (χ3n) is 7.02. The summed E-state index contributed by atoms with van der Waals surface area (Å²) in [5.74, 6) is 0.404. The molecule has 2 fully saturated rings. The van der Waals surface area contributed by atoms with E-state index in [-0.39, 0.29) is 11.8 Å². The van der Waals surface area contributed by atoms with Crippen molar-refractivity contribution in [3.63, 3.8) is 0 Å². The van der Waals surface area contributed by atoms with Crippen LogP contribution in [0.1, 0.15) is 51.3 Å². The average molecular weight is 472 g/mol. The standard InChI is InChI=1S/C25H34ClN5O2/c1-5-30-23(32)21(15-17(2)3)27-24(33)25(30)11-13-29(14-12-25)16-20-18(4)28-31(22(20)26)19-9-7-6-8-10-19/h6-10,17,21H,5,11-16H2,1-4H3,(H,27,33). The van der Waals surface area contributed by atoms with E-state index in [1.54, 1.807) is 4.68 Å². The van der Waals surface area contributed by atoms with Gasteiger partial charge in [-0.15, -0.1) is 0 Å². The number of piperazine rings is 1. The van der Waals surface area contributed by atoms with Crippen molar-refractivity contribution in [2.24, 2.45) is 5.92 Å². The third kappa shape index (κ3) is 4.41. The Bertz CT molecular complexity index is 1010. The first kappa shape index (κ1) is 23.8. The zero-order valence-electron chi connectivity index (χ0n) is 20.0. The first-order valence-corrected chi connectivity index (χ1v) is 12.3. The Morgan fingerprint density at radius 3 is 2.45 bits per heavy atom. The molecular formula is C25H34ClN5O2. The van der Waals surface area contributed by atoms with Crippen molar-refractivity contribution >= 4 is 23.4 Å². The highest BCUT2D eigenvalue weighted by Crippen LogP contribution is 2.35. The molecule has 2 aliphatic heterocycles. The lowest BCUT2D eigenvalue weighted by molar-refractivity contribution is -0.161. The molecule has 2 aliphatic rings. The van der Waals surface area contributed by atoms with Crippen LogP contribution in [0.15, 0.2) is 30.3 Å². The van der Waals surface area contributed by atoms with Gasteiger partial charge in [-0.05, 0) is 51.2 Å². The van der Waals surface area contributed by atoms with Crippen LogP contribution >= 0.6 is 11.6 Å². The molecule has 3 heterocycles. The molecule has 33 heavy (non-hydrogen) atoms. The van der Waals surface area contributed by atoms with Crippen LogP contribution in [0.3, 0.4) is 0 Å². The minimum Gasteiger partial charge on any atom is -0.342 e. The van der Waals surface area contributed by atoms with Crippen LogP contribution in [0.5, 0.6) is 0 Å². The molecule has 1 unspecified atom stereocenters. The number of likely N-dealkylation sites (tertiary alicyclic amines) is 1. The molecule has 8 heteroatoms. The van der Waals surface area contributed by atoms with E-state index in [1.807, 2.05) is 49.1 Å². The smallest absolute Gasteiger partial charge is 0.246 e. The second kappa shape index (κ2) is 9.47. The zero-order chi connectivity index (χ0) is 23.8. The summed E-state index contributed by atoms with van der Waals surface area (Å²) < 4.78 is 1.78. The highest BCUT2D eigenvalue weighted by molar-refractivity contribution is 6.30. The number of rotatable bonds is 6. The monoisotopic (exact) mass is 471 g/mol. The number of hydrogen-bond acceptors (Lipinski definition) is 4. The number of piperidine rings is 1. The average Bonchev–Trinajstić information content (AvgIpc) is 3.08. The first-order chi connectivity index (χ1) is 15.8. The molecule has 1 N–H and O–H groups in total. The fourth-order valence-corrected chi connectivity index (χ4v) is 5.55. The van der Waals surface area contributed by atoms with Gasteiger partial charge < -0.3 is 10.2 Å². The maximum Gasteiger partial charge on any atom is 0.246 e. The van der Waals surface area contributed by atoms with E-state index in [4.69, 9.17) is 11.6 Å². The zero-order valence-corrected chi connectivity index (χ0v) is 20.7. The largest absolute Gasteiger partial charge is 0.342 e. The van der Waals surface area contributed by atoms with Gasteiger partial charge in [-0.3, -0.25) is 14.5 Å². The number of amides is 2. The molecule has 4 rings (SSSR count). The van der Waals surface area contributed by atoms with E-state index < -0.39 is 11.6 Å². The number of benzene rings is 1. The van der Waals surface area contributed by atoms with Gasteiger partial charge in [0.1, 0.15) is 16.7 Å². The van der Waals surface area contributed by atoms with E-state index >= 15 is 0 Å². The normalized spacial score (nSPS) is 21.2. The van der Waals surface area contributed by atoms with Gasteiger partial charge in [0, 0.05) is 31.7 Å². The number of halogens is 1. The van der Waals surface area contributed by atoms with E-state index in [0.717, 1.165) is 30.0 Å². The molecule has 2 saturated heterocycles. The number of para-hydroxylation sites is 1. The number of likely N-dealkylation sites (N-methyl/N-ethyl adjacent to an activating group) is 1. The van der Waals surface area contributed by atoms with Gasteiger partial charge >= 0.3 is 0 Å². The maximum absolute atomic E-state index is 13.3. The molecule has 1 aromatic heterocycles. The van der Waals surface area contributed by atoms with Crippen LogP contribution in [-0.4, -0.2) is 62.6 Å². The number of nitrogens with one attached hydrogen (secondary N) is 1. The predicted molar refractivity (Wildman–Crippen MR) is 129 cm³/mol. The van der Waals surface area contributed by atoms with E-state index in [0.29, 0.717) is 43.4 Å². The lowest BCUT2D eigenvalue weighted by Crippen LogP contribution is -2.72. The van der Waals surface area contributed by atoms with Gasteiger partial charge in [-0.2, -0.15) is 5.10 Å². The Morgan fingerprint density at radius 2 is 1.85 bits per heavy atom. The molecule has 0 aliphatic carbocycles. The van der Waals surface area contributed by atoms with Crippen molar-refractivity contribution in [1.29, 1.82) is 0 Å². The van der Waals surface area contributed by atoms with Crippen molar-refractivity contribution in [2.45, 2.75) is 65.1 Å². The number of nitrogens with zero attached hydrogens (tertiary/aromatic N) is 4. The Kier molecular flexibility index (Phi) is 6.82. The molecule has 0 bridgehead atoms. The van der Waals surface area contributed by atoms with Crippen LogP contribution in [0.2, 0.25) is 5.15 Å². The Balaban J connectivity index is 1.48. The van der Waals surface area contributed by atoms with Crippen LogP contribution in [0.25, 0.3) is 5.69 Å². The van der Waals surface area contributed by atoms with Crippen molar-refractivity contribution in [3.8, 4) is 5.69 Å². The minimum atomic E-state index is -0.747. The molecule has 1 atom stereocenters. The van der Waals surface area contributed by atoms with Gasteiger partial charge in [0.2, 0.25) is 11.8 Å². The first-order valence-electron chi connectivity index (χ1n) is 11.9. The van der Waals surface area contributed by atoms with Crippen molar-refractivity contribution in [3.05, 3.63) is 46.7 Å². The van der Waals surface area contributed by atoms with Crippen molar-refractivity contribution in [1.82, 2.24) is 24.9 Å². The third-order valence-corrected chi connectivity index (χ3v) is 7.41. The molecule has 1 aromatic carbocycles. The number of carbonyl (C=O) groups is 2. The van der Waals surface area contributed by atoms with Crippen molar-refractivity contribution in [2.75, 3.05) is 19.6 Å². The molecule has 178 valence electrons. The van der Waals surface area contributed by atoms with Gasteiger partial charge in [-0.1, -0.05) is 43.6 Å². The quantitative estimate of drug-likeness (QED) is 0.699. The fraction of sp³-hybridized carbons (Fsp3) is 0.560. The van der Waals surface area contributed by atoms with E-state index in [2.05, 4.69) is 29.2 Å². The molecule has 2 aromatic rings. The summed E-state index contributed by atoms with van der Waals surface area (Å²) >= 11 is 6.73. The second-order valence-corrected chi connectivity index (χ2v) is 10.0. The minimum absolute atomic E-state index is 0.000333. The Morgan fingerprint density at radius 1 is 1.18 bits per heavy atom. The molecule has 2 amide bonds. The topological polar surface area (TPSA) is 70.5 Å². The summed E-state index contributed by atoms with van der Waals surface area (Å²) in [6.07, 6.45) is 1.92. The van der Waals surface area contributed by atoms with Gasteiger partial charge in [-0.25, -0.2) is 4.68 Å².